The summed E-state index contributed by atoms with van der Waals surface area (Å²) in [6.07, 6.45) is 0. The van der Waals surface area contributed by atoms with E-state index in [-0.39, 0.29) is 0 Å². The van der Waals surface area contributed by atoms with E-state index < -0.39 is 0 Å². The molecule has 0 saturated carbocycles. The smallest absolute Gasteiger partial charge is 0.176 e. The fourth-order valence-electron chi connectivity index (χ4n) is 0.625. The first-order valence-electron chi connectivity index (χ1n) is 4.82. The van der Waals surface area contributed by atoms with Crippen LogP contribution in [-0.4, -0.2) is 0 Å². The van der Waals surface area contributed by atoms with Gasteiger partial charge in [-0.2, -0.15) is 0 Å². The van der Waals surface area contributed by atoms with Gasteiger partial charge in [-0.1, -0.05) is 33.6 Å². The SMILES string of the molecule is CC.CC.CC#Cc1ccc(C)o1. The first-order chi connectivity index (χ1) is 6.33. The Morgan fingerprint density at radius 3 is 1.92 bits per heavy atom. The first-order valence-corrected chi connectivity index (χ1v) is 4.82. The van der Waals surface area contributed by atoms with Crippen molar-refractivity contribution in [1.29, 1.82) is 0 Å². The van der Waals surface area contributed by atoms with E-state index in [1.165, 1.54) is 0 Å². The predicted molar refractivity (Wildman–Crippen MR) is 58.7 cm³/mol. The van der Waals surface area contributed by atoms with Gasteiger partial charge in [-0.25, -0.2) is 0 Å². The Hall–Kier alpha value is -1.16. The molecule has 0 atom stereocenters. The lowest BCUT2D eigenvalue weighted by atomic mass is 10.4. The number of hydrogen-bond donors (Lipinski definition) is 0. The molecule has 0 aromatic carbocycles. The van der Waals surface area contributed by atoms with Crippen LogP contribution in [0, 0.1) is 18.8 Å². The molecule has 1 aromatic rings. The lowest BCUT2D eigenvalue weighted by molar-refractivity contribution is 0.522. The summed E-state index contributed by atoms with van der Waals surface area (Å²) < 4.78 is 5.15. The zero-order chi connectivity index (χ0) is 10.7. The fraction of sp³-hybridized carbons (Fsp3) is 0.500. The highest BCUT2D eigenvalue weighted by molar-refractivity contribution is 5.25. The summed E-state index contributed by atoms with van der Waals surface area (Å²) in [6, 6.07) is 3.77. The molecule has 0 radical (unpaired) electrons. The number of aryl methyl sites for hydroxylation is 1. The summed E-state index contributed by atoms with van der Waals surface area (Å²) in [4.78, 5) is 0. The molecular formula is C12H20O. The lowest BCUT2D eigenvalue weighted by Crippen LogP contribution is -1.60. The van der Waals surface area contributed by atoms with Crippen LogP contribution in [0.4, 0.5) is 0 Å². The molecule has 0 aliphatic rings. The molecule has 0 aliphatic carbocycles. The largest absolute Gasteiger partial charge is 0.453 e. The summed E-state index contributed by atoms with van der Waals surface area (Å²) in [5.41, 5.74) is 0. The van der Waals surface area contributed by atoms with Gasteiger partial charge in [0.2, 0.25) is 0 Å². The minimum absolute atomic E-state index is 0.745. The third kappa shape index (κ3) is 7.21. The van der Waals surface area contributed by atoms with Gasteiger partial charge in [-0.05, 0) is 31.9 Å². The Bertz CT molecular complexity index is 248. The van der Waals surface area contributed by atoms with E-state index in [9.17, 15) is 0 Å². The Morgan fingerprint density at radius 2 is 1.62 bits per heavy atom. The third-order valence-electron chi connectivity index (χ3n) is 0.989. The number of furan rings is 1. The van der Waals surface area contributed by atoms with Gasteiger partial charge in [0.1, 0.15) is 5.76 Å². The summed E-state index contributed by atoms with van der Waals surface area (Å²) in [5, 5.41) is 0. The molecule has 74 valence electrons. The Morgan fingerprint density at radius 1 is 1.08 bits per heavy atom. The van der Waals surface area contributed by atoms with Crippen molar-refractivity contribution in [2.45, 2.75) is 41.5 Å². The van der Waals surface area contributed by atoms with Crippen LogP contribution in [0.5, 0.6) is 0 Å². The first kappa shape index (κ1) is 14.4. The second kappa shape index (κ2) is 10.8. The summed E-state index contributed by atoms with van der Waals surface area (Å²) in [5.74, 6) is 7.22. The van der Waals surface area contributed by atoms with Gasteiger partial charge in [0.25, 0.3) is 0 Å². The van der Waals surface area contributed by atoms with Crippen LogP contribution in [0.2, 0.25) is 0 Å². The van der Waals surface area contributed by atoms with Crippen molar-refractivity contribution in [2.24, 2.45) is 0 Å². The van der Waals surface area contributed by atoms with E-state index in [4.69, 9.17) is 4.42 Å². The molecular weight excluding hydrogens is 160 g/mol. The maximum Gasteiger partial charge on any atom is 0.176 e. The van der Waals surface area contributed by atoms with E-state index in [1.807, 2.05) is 46.8 Å². The van der Waals surface area contributed by atoms with Crippen molar-refractivity contribution in [2.75, 3.05) is 0 Å². The van der Waals surface area contributed by atoms with Crippen LogP contribution in [-0.2, 0) is 0 Å². The zero-order valence-electron chi connectivity index (χ0n) is 9.56. The van der Waals surface area contributed by atoms with Crippen molar-refractivity contribution in [1.82, 2.24) is 0 Å². The number of hydrogen-bond acceptors (Lipinski definition) is 1. The van der Waals surface area contributed by atoms with Gasteiger partial charge in [0.15, 0.2) is 5.76 Å². The molecule has 1 heterocycles. The number of rotatable bonds is 0. The lowest BCUT2D eigenvalue weighted by Gasteiger charge is -1.77. The normalized spacial score (nSPS) is 6.62. The van der Waals surface area contributed by atoms with Gasteiger partial charge < -0.3 is 4.42 Å². The van der Waals surface area contributed by atoms with Crippen molar-refractivity contribution >= 4 is 0 Å². The van der Waals surface area contributed by atoms with Crippen molar-refractivity contribution in [3.63, 3.8) is 0 Å². The highest BCUT2D eigenvalue weighted by Gasteiger charge is 1.89. The molecule has 0 spiro atoms. The van der Waals surface area contributed by atoms with Gasteiger partial charge >= 0.3 is 0 Å². The Kier molecular flexibility index (Phi) is 12.0. The molecule has 1 aromatic heterocycles. The predicted octanol–water partition coefficient (Wildman–Crippen LogP) is 4.01. The van der Waals surface area contributed by atoms with Crippen LogP contribution in [0.15, 0.2) is 16.5 Å². The van der Waals surface area contributed by atoms with Gasteiger partial charge in [0.05, 0.1) is 0 Å². The average molecular weight is 180 g/mol. The maximum atomic E-state index is 5.15. The molecule has 0 unspecified atom stereocenters. The minimum Gasteiger partial charge on any atom is -0.453 e. The molecule has 1 nitrogen and oxygen atoms in total. The molecule has 0 bridgehead atoms. The average Bonchev–Trinajstić information content (AvgIpc) is 2.59. The molecule has 0 N–H and O–H groups in total. The van der Waals surface area contributed by atoms with E-state index in [0.29, 0.717) is 0 Å². The quantitative estimate of drug-likeness (QED) is 0.550. The van der Waals surface area contributed by atoms with Crippen molar-refractivity contribution in [3.8, 4) is 11.8 Å². The summed E-state index contributed by atoms with van der Waals surface area (Å²) in [7, 11) is 0. The van der Waals surface area contributed by atoms with Crippen LogP contribution in [0.25, 0.3) is 0 Å². The zero-order valence-corrected chi connectivity index (χ0v) is 9.56. The Balaban J connectivity index is 0. The van der Waals surface area contributed by atoms with Gasteiger partial charge in [-0.15, -0.1) is 0 Å². The van der Waals surface area contributed by atoms with Crippen molar-refractivity contribution < 1.29 is 4.42 Å². The second-order valence-electron chi connectivity index (χ2n) is 1.79. The summed E-state index contributed by atoms with van der Waals surface area (Å²) in [6.45, 7) is 11.7. The monoisotopic (exact) mass is 180 g/mol. The fourth-order valence-corrected chi connectivity index (χ4v) is 0.625. The van der Waals surface area contributed by atoms with E-state index >= 15 is 0 Å². The van der Waals surface area contributed by atoms with Crippen LogP contribution in [0.3, 0.4) is 0 Å². The molecule has 0 saturated heterocycles. The highest BCUT2D eigenvalue weighted by atomic mass is 16.3. The van der Waals surface area contributed by atoms with Gasteiger partial charge in [-0.3, -0.25) is 0 Å². The summed E-state index contributed by atoms with van der Waals surface area (Å²) >= 11 is 0. The topological polar surface area (TPSA) is 13.1 Å². The standard InChI is InChI=1S/C8H8O.2C2H6/c1-3-4-8-6-5-7(2)9-8;2*1-2/h5-6H,1-2H3;2*1-2H3. The van der Waals surface area contributed by atoms with Crippen LogP contribution < -0.4 is 0 Å². The minimum atomic E-state index is 0.745. The molecule has 1 heteroatoms. The molecule has 1 rings (SSSR count). The van der Waals surface area contributed by atoms with Crippen molar-refractivity contribution in [3.05, 3.63) is 23.7 Å². The molecule has 13 heavy (non-hydrogen) atoms. The molecule has 0 amide bonds. The third-order valence-corrected chi connectivity index (χ3v) is 0.989. The van der Waals surface area contributed by atoms with Gasteiger partial charge in [0, 0.05) is 0 Å². The highest BCUT2D eigenvalue weighted by Crippen LogP contribution is 2.03. The second-order valence-corrected chi connectivity index (χ2v) is 1.79. The maximum absolute atomic E-state index is 5.15. The molecule has 0 fully saturated rings. The van der Waals surface area contributed by atoms with Crippen LogP contribution >= 0.6 is 0 Å². The Labute approximate surface area is 82.2 Å². The van der Waals surface area contributed by atoms with Crippen LogP contribution in [0.1, 0.15) is 46.1 Å². The van der Waals surface area contributed by atoms with E-state index in [0.717, 1.165) is 11.5 Å². The molecule has 0 aliphatic heterocycles. The van der Waals surface area contributed by atoms with E-state index in [1.54, 1.807) is 6.92 Å². The van der Waals surface area contributed by atoms with E-state index in [2.05, 4.69) is 11.8 Å².